The first-order valence-corrected chi connectivity index (χ1v) is 11.6. The molecular formula is C20H30N6O3S. The van der Waals surface area contributed by atoms with Crippen LogP contribution in [0.5, 0.6) is 0 Å². The summed E-state index contributed by atoms with van der Waals surface area (Å²) in [5.41, 5.74) is 0. The molecule has 0 aromatic carbocycles. The number of aromatic nitrogens is 4. The summed E-state index contributed by atoms with van der Waals surface area (Å²) >= 11 is 1.41. The fourth-order valence-electron chi connectivity index (χ4n) is 3.83. The van der Waals surface area contributed by atoms with E-state index in [-0.39, 0.29) is 17.3 Å². The molecule has 1 amide bonds. The molecule has 2 atom stereocenters. The van der Waals surface area contributed by atoms with Gasteiger partial charge in [0, 0.05) is 25.8 Å². The van der Waals surface area contributed by atoms with Crippen LogP contribution in [0.15, 0.2) is 15.7 Å². The molecule has 0 saturated carbocycles. The molecule has 0 radical (unpaired) electrons. The number of carbonyl (C=O) groups is 1. The zero-order chi connectivity index (χ0) is 21.1. The average Bonchev–Trinajstić information content (AvgIpc) is 3.46. The Morgan fingerprint density at radius 2 is 2.13 bits per heavy atom. The Morgan fingerprint density at radius 1 is 1.33 bits per heavy atom. The zero-order valence-corrected chi connectivity index (χ0v) is 18.7. The van der Waals surface area contributed by atoms with Gasteiger partial charge in [-0.1, -0.05) is 23.8 Å². The van der Waals surface area contributed by atoms with Crippen molar-refractivity contribution in [1.29, 1.82) is 0 Å². The first-order valence-electron chi connectivity index (χ1n) is 10.7. The summed E-state index contributed by atoms with van der Waals surface area (Å²) in [6.45, 7) is 9.44. The van der Waals surface area contributed by atoms with Crippen molar-refractivity contribution in [2.45, 2.75) is 69.5 Å². The molecule has 1 N–H and O–H groups in total. The Morgan fingerprint density at radius 3 is 2.80 bits per heavy atom. The molecule has 2 aromatic heterocycles. The van der Waals surface area contributed by atoms with Crippen molar-refractivity contribution in [2.75, 3.05) is 29.9 Å². The fraction of sp³-hybridized carbons (Fsp3) is 0.700. The van der Waals surface area contributed by atoms with Crippen LogP contribution in [0.25, 0.3) is 0 Å². The number of thioether (sulfide) groups is 1. The number of anilines is 2. The second-order valence-electron chi connectivity index (χ2n) is 8.27. The van der Waals surface area contributed by atoms with Crippen molar-refractivity contribution in [3.8, 4) is 0 Å². The Labute approximate surface area is 180 Å². The van der Waals surface area contributed by atoms with Crippen LogP contribution in [0.2, 0.25) is 0 Å². The van der Waals surface area contributed by atoms with Crippen molar-refractivity contribution in [3.05, 3.63) is 11.8 Å². The third-order valence-corrected chi connectivity index (χ3v) is 6.79. The van der Waals surface area contributed by atoms with Gasteiger partial charge in [0.25, 0.3) is 0 Å². The van der Waals surface area contributed by atoms with Crippen molar-refractivity contribution in [3.63, 3.8) is 0 Å². The lowest BCUT2D eigenvalue weighted by molar-refractivity contribution is -0.115. The van der Waals surface area contributed by atoms with Gasteiger partial charge in [0.2, 0.25) is 11.9 Å². The molecular weight excluding hydrogens is 404 g/mol. The Bertz CT molecular complexity index is 855. The monoisotopic (exact) mass is 434 g/mol. The second-order valence-corrected chi connectivity index (χ2v) is 9.58. The summed E-state index contributed by atoms with van der Waals surface area (Å²) in [4.78, 5) is 14.9. The normalized spacial score (nSPS) is 21.2. The number of amides is 1. The number of aryl methyl sites for hydroxylation is 1. The summed E-state index contributed by atoms with van der Waals surface area (Å²) in [6, 6.07) is 1.70. The van der Waals surface area contributed by atoms with Crippen molar-refractivity contribution >= 4 is 29.4 Å². The number of nitrogens with zero attached hydrogens (tertiary/aromatic N) is 5. The molecule has 2 aliphatic rings. The van der Waals surface area contributed by atoms with E-state index in [9.17, 15) is 4.79 Å². The molecule has 2 aromatic rings. The maximum Gasteiger partial charge on any atom is 0.238 e. The van der Waals surface area contributed by atoms with Crippen LogP contribution in [0.3, 0.4) is 0 Å². The summed E-state index contributed by atoms with van der Waals surface area (Å²) < 4.78 is 13.0. The largest absolute Gasteiger partial charge is 0.376 e. The number of piperidine rings is 1. The zero-order valence-electron chi connectivity index (χ0n) is 17.8. The van der Waals surface area contributed by atoms with E-state index in [0.717, 1.165) is 62.4 Å². The highest BCUT2D eigenvalue weighted by molar-refractivity contribution is 8.00. The SMILES string of the molecule is Cc1cc(NC(=O)C(C)Sc2nnc(N3CCC(C)CC3)n2CC2CCCO2)no1. The van der Waals surface area contributed by atoms with Gasteiger partial charge in [-0.25, -0.2) is 0 Å². The fourth-order valence-corrected chi connectivity index (χ4v) is 4.68. The van der Waals surface area contributed by atoms with E-state index >= 15 is 0 Å². The molecule has 4 heterocycles. The third kappa shape index (κ3) is 4.97. The lowest BCUT2D eigenvalue weighted by atomic mass is 10.00. The van der Waals surface area contributed by atoms with Gasteiger partial charge in [-0.05, 0) is 45.4 Å². The molecule has 2 fully saturated rings. The molecule has 2 aliphatic heterocycles. The molecule has 164 valence electrons. The summed E-state index contributed by atoms with van der Waals surface area (Å²) in [5.74, 6) is 2.57. The molecule has 0 bridgehead atoms. The highest BCUT2D eigenvalue weighted by Gasteiger charge is 2.28. The molecule has 0 spiro atoms. The van der Waals surface area contributed by atoms with E-state index in [1.54, 1.807) is 13.0 Å². The van der Waals surface area contributed by atoms with Gasteiger partial charge >= 0.3 is 0 Å². The van der Waals surface area contributed by atoms with Crippen molar-refractivity contribution in [1.82, 2.24) is 19.9 Å². The summed E-state index contributed by atoms with van der Waals surface area (Å²) in [6.07, 6.45) is 4.61. The number of hydrogen-bond donors (Lipinski definition) is 1. The Hall–Kier alpha value is -2.07. The lowest BCUT2D eigenvalue weighted by Crippen LogP contribution is -2.35. The van der Waals surface area contributed by atoms with Gasteiger partial charge in [-0.3, -0.25) is 9.36 Å². The van der Waals surface area contributed by atoms with Crippen LogP contribution in [0, 0.1) is 12.8 Å². The first-order chi connectivity index (χ1) is 14.5. The molecule has 30 heavy (non-hydrogen) atoms. The first kappa shape index (κ1) is 21.2. The smallest absolute Gasteiger partial charge is 0.238 e. The molecule has 2 unspecified atom stereocenters. The minimum Gasteiger partial charge on any atom is -0.376 e. The van der Waals surface area contributed by atoms with Crippen LogP contribution in [-0.2, 0) is 16.1 Å². The van der Waals surface area contributed by atoms with Crippen LogP contribution in [0.4, 0.5) is 11.8 Å². The quantitative estimate of drug-likeness (QED) is 0.664. The molecule has 10 heteroatoms. The van der Waals surface area contributed by atoms with E-state index in [0.29, 0.717) is 18.1 Å². The standard InChI is InChI=1S/C20H30N6O3S/c1-13-6-8-25(9-7-13)19-22-23-20(26(19)12-16-5-4-10-28-16)30-15(3)18(27)21-17-11-14(2)29-24-17/h11,13,15-16H,4-10,12H2,1-3H3,(H,21,24,27). The Balaban J connectivity index is 1.48. The minimum atomic E-state index is -0.358. The maximum absolute atomic E-state index is 12.6. The minimum absolute atomic E-state index is 0.145. The number of rotatable bonds is 7. The maximum atomic E-state index is 12.6. The van der Waals surface area contributed by atoms with Gasteiger partial charge in [-0.15, -0.1) is 10.2 Å². The van der Waals surface area contributed by atoms with E-state index in [2.05, 4.69) is 37.1 Å². The van der Waals surface area contributed by atoms with Gasteiger partial charge < -0.3 is 19.5 Å². The molecule has 2 saturated heterocycles. The van der Waals surface area contributed by atoms with Gasteiger partial charge in [0.05, 0.1) is 17.9 Å². The average molecular weight is 435 g/mol. The van der Waals surface area contributed by atoms with Crippen molar-refractivity contribution in [2.24, 2.45) is 5.92 Å². The van der Waals surface area contributed by atoms with E-state index in [4.69, 9.17) is 9.26 Å². The summed E-state index contributed by atoms with van der Waals surface area (Å²) in [5, 5.41) is 16.0. The van der Waals surface area contributed by atoms with Crippen LogP contribution >= 0.6 is 11.8 Å². The van der Waals surface area contributed by atoms with E-state index in [1.807, 2.05) is 6.92 Å². The van der Waals surface area contributed by atoms with Crippen LogP contribution < -0.4 is 10.2 Å². The van der Waals surface area contributed by atoms with E-state index < -0.39 is 0 Å². The van der Waals surface area contributed by atoms with Crippen LogP contribution in [-0.4, -0.2) is 56.9 Å². The van der Waals surface area contributed by atoms with Gasteiger partial charge in [0.15, 0.2) is 11.0 Å². The van der Waals surface area contributed by atoms with Gasteiger partial charge in [-0.2, -0.15) is 0 Å². The molecule has 4 rings (SSSR count). The third-order valence-electron chi connectivity index (χ3n) is 5.70. The molecule has 9 nitrogen and oxygen atoms in total. The highest BCUT2D eigenvalue weighted by atomic mass is 32.2. The van der Waals surface area contributed by atoms with Gasteiger partial charge in [0.1, 0.15) is 5.76 Å². The highest BCUT2D eigenvalue weighted by Crippen LogP contribution is 2.30. The predicted molar refractivity (Wildman–Crippen MR) is 115 cm³/mol. The number of ether oxygens (including phenoxy) is 1. The topological polar surface area (TPSA) is 98.3 Å². The van der Waals surface area contributed by atoms with Crippen LogP contribution in [0.1, 0.15) is 45.3 Å². The number of hydrogen-bond acceptors (Lipinski definition) is 8. The lowest BCUT2D eigenvalue weighted by Gasteiger charge is -2.31. The predicted octanol–water partition coefficient (Wildman–Crippen LogP) is 3.11. The number of carbonyl (C=O) groups excluding carboxylic acids is 1. The second kappa shape index (κ2) is 9.38. The summed E-state index contributed by atoms with van der Waals surface area (Å²) in [7, 11) is 0. The van der Waals surface area contributed by atoms with Crippen molar-refractivity contribution < 1.29 is 14.1 Å². The van der Waals surface area contributed by atoms with E-state index in [1.165, 1.54) is 11.8 Å². The Kier molecular flexibility index (Phi) is 6.62. The molecule has 0 aliphatic carbocycles. The number of nitrogens with one attached hydrogen (secondary N) is 1.